The van der Waals surface area contributed by atoms with Gasteiger partial charge in [-0.2, -0.15) is 0 Å². The third-order valence-corrected chi connectivity index (χ3v) is 3.33. The lowest BCUT2D eigenvalue weighted by Crippen LogP contribution is -2.33. The zero-order chi connectivity index (χ0) is 15.8. The maximum Gasteiger partial charge on any atom is 0.253 e. The first kappa shape index (κ1) is 16.0. The Labute approximate surface area is 131 Å². The first-order valence-corrected chi connectivity index (χ1v) is 7.26. The predicted octanol–water partition coefficient (Wildman–Crippen LogP) is 2.88. The van der Waals surface area contributed by atoms with Gasteiger partial charge in [-0.15, -0.1) is 0 Å². The van der Waals surface area contributed by atoms with Crippen molar-refractivity contribution in [2.75, 3.05) is 20.3 Å². The van der Waals surface area contributed by atoms with Crippen molar-refractivity contribution >= 4 is 5.91 Å². The normalized spacial score (nSPS) is 11.7. The van der Waals surface area contributed by atoms with Crippen LogP contribution in [0.25, 0.3) is 0 Å². The van der Waals surface area contributed by atoms with Crippen LogP contribution in [0.1, 0.15) is 17.2 Å². The summed E-state index contributed by atoms with van der Waals surface area (Å²) in [6, 6.07) is 17.2. The van der Waals surface area contributed by atoms with Crippen molar-refractivity contribution in [3.05, 3.63) is 65.7 Å². The van der Waals surface area contributed by atoms with Crippen LogP contribution in [0.4, 0.5) is 0 Å². The van der Waals surface area contributed by atoms with E-state index in [1.54, 1.807) is 0 Å². The summed E-state index contributed by atoms with van der Waals surface area (Å²) in [5.41, 5.74) is 1.91. The molecule has 0 bridgehead atoms. The molecule has 0 aliphatic carbocycles. The van der Waals surface area contributed by atoms with Gasteiger partial charge in [0, 0.05) is 7.11 Å². The van der Waals surface area contributed by atoms with Crippen LogP contribution in [0.15, 0.2) is 54.6 Å². The standard InChI is InChI=1S/C18H21NO3/c1-14-8-6-7-11-16(14)22-13-12-19-18(20)17(21-2)15-9-4-3-5-10-15/h3-11,17H,12-13H2,1-2H3,(H,19,20)/t17-/m0/s1. The third-order valence-electron chi connectivity index (χ3n) is 3.33. The van der Waals surface area contributed by atoms with Gasteiger partial charge in [0.1, 0.15) is 12.4 Å². The highest BCUT2D eigenvalue weighted by Crippen LogP contribution is 2.17. The number of hydrogen-bond donors (Lipinski definition) is 1. The molecule has 116 valence electrons. The van der Waals surface area contributed by atoms with Crippen LogP contribution in [-0.2, 0) is 9.53 Å². The summed E-state index contributed by atoms with van der Waals surface area (Å²) in [6.07, 6.45) is -0.598. The lowest BCUT2D eigenvalue weighted by atomic mass is 10.1. The number of benzene rings is 2. The lowest BCUT2D eigenvalue weighted by molar-refractivity contribution is -0.131. The summed E-state index contributed by atoms with van der Waals surface area (Å²) in [7, 11) is 1.53. The number of hydrogen-bond acceptors (Lipinski definition) is 3. The number of amides is 1. The van der Waals surface area contributed by atoms with E-state index in [1.165, 1.54) is 7.11 Å². The quantitative estimate of drug-likeness (QED) is 0.800. The van der Waals surface area contributed by atoms with Gasteiger partial charge in [-0.05, 0) is 24.1 Å². The Morgan fingerprint density at radius 1 is 1.09 bits per heavy atom. The SMILES string of the molecule is CO[C@H](C(=O)NCCOc1ccccc1C)c1ccccc1. The molecule has 0 saturated carbocycles. The van der Waals surface area contributed by atoms with Crippen LogP contribution in [0.2, 0.25) is 0 Å². The monoisotopic (exact) mass is 299 g/mol. The zero-order valence-corrected chi connectivity index (χ0v) is 12.9. The molecule has 1 amide bonds. The Morgan fingerprint density at radius 2 is 1.77 bits per heavy atom. The molecule has 1 N–H and O–H groups in total. The number of nitrogens with one attached hydrogen (secondary N) is 1. The summed E-state index contributed by atoms with van der Waals surface area (Å²) < 4.78 is 10.9. The van der Waals surface area contributed by atoms with Gasteiger partial charge in [0.15, 0.2) is 6.10 Å². The minimum atomic E-state index is -0.598. The molecule has 0 unspecified atom stereocenters. The largest absolute Gasteiger partial charge is 0.491 e. The first-order valence-electron chi connectivity index (χ1n) is 7.26. The molecule has 22 heavy (non-hydrogen) atoms. The van der Waals surface area contributed by atoms with Gasteiger partial charge in [0.25, 0.3) is 5.91 Å². The fourth-order valence-electron chi connectivity index (χ4n) is 2.17. The van der Waals surface area contributed by atoms with E-state index in [9.17, 15) is 4.79 Å². The molecule has 4 nitrogen and oxygen atoms in total. The number of ether oxygens (including phenoxy) is 2. The molecule has 0 radical (unpaired) electrons. The van der Waals surface area contributed by atoms with Gasteiger partial charge in [-0.3, -0.25) is 4.79 Å². The number of methoxy groups -OCH3 is 1. The summed E-state index contributed by atoms with van der Waals surface area (Å²) in [6.45, 7) is 2.84. The molecule has 0 saturated heterocycles. The smallest absolute Gasteiger partial charge is 0.253 e. The van der Waals surface area contributed by atoms with E-state index in [-0.39, 0.29) is 5.91 Å². The first-order chi connectivity index (χ1) is 10.7. The maximum absolute atomic E-state index is 12.2. The average Bonchev–Trinajstić information content (AvgIpc) is 2.55. The van der Waals surface area contributed by atoms with E-state index < -0.39 is 6.10 Å². The van der Waals surface area contributed by atoms with Crippen LogP contribution in [0.3, 0.4) is 0 Å². The molecule has 2 aromatic carbocycles. The number of carbonyl (C=O) groups excluding carboxylic acids is 1. The fourth-order valence-corrected chi connectivity index (χ4v) is 2.17. The second kappa shape index (κ2) is 8.20. The van der Waals surface area contributed by atoms with Crippen molar-refractivity contribution < 1.29 is 14.3 Å². The molecule has 0 aromatic heterocycles. The molecule has 0 fully saturated rings. The number of rotatable bonds is 7. The van der Waals surface area contributed by atoms with Crippen molar-refractivity contribution in [1.82, 2.24) is 5.32 Å². The van der Waals surface area contributed by atoms with Crippen LogP contribution in [0.5, 0.6) is 5.75 Å². The average molecular weight is 299 g/mol. The Balaban J connectivity index is 1.81. The molecular weight excluding hydrogens is 278 g/mol. The van der Waals surface area contributed by atoms with E-state index in [0.29, 0.717) is 13.2 Å². The Hall–Kier alpha value is -2.33. The summed E-state index contributed by atoms with van der Waals surface area (Å²) in [5.74, 6) is 0.671. The molecule has 0 aliphatic heterocycles. The van der Waals surface area contributed by atoms with E-state index >= 15 is 0 Å². The van der Waals surface area contributed by atoms with E-state index in [2.05, 4.69) is 5.32 Å². The third kappa shape index (κ3) is 4.33. The summed E-state index contributed by atoms with van der Waals surface area (Å²) >= 11 is 0. The molecule has 1 atom stereocenters. The second-order valence-electron chi connectivity index (χ2n) is 4.93. The van der Waals surface area contributed by atoms with Gasteiger partial charge in [0.2, 0.25) is 0 Å². The summed E-state index contributed by atoms with van der Waals surface area (Å²) in [4.78, 5) is 12.2. The molecule has 2 rings (SSSR count). The van der Waals surface area contributed by atoms with Gasteiger partial charge >= 0.3 is 0 Å². The maximum atomic E-state index is 12.2. The molecule has 0 heterocycles. The second-order valence-corrected chi connectivity index (χ2v) is 4.93. The van der Waals surface area contributed by atoms with Gasteiger partial charge in [0.05, 0.1) is 6.54 Å². The number of carbonyl (C=O) groups is 1. The van der Waals surface area contributed by atoms with Crippen molar-refractivity contribution in [3.8, 4) is 5.75 Å². The van der Waals surface area contributed by atoms with Crippen LogP contribution in [-0.4, -0.2) is 26.2 Å². The van der Waals surface area contributed by atoms with Gasteiger partial charge in [-0.1, -0.05) is 48.5 Å². The molecular formula is C18H21NO3. The minimum absolute atomic E-state index is 0.165. The van der Waals surface area contributed by atoms with Gasteiger partial charge in [-0.25, -0.2) is 0 Å². The Morgan fingerprint density at radius 3 is 2.45 bits per heavy atom. The molecule has 0 aliphatic rings. The van der Waals surface area contributed by atoms with E-state index in [1.807, 2.05) is 61.5 Å². The van der Waals surface area contributed by atoms with Crippen molar-refractivity contribution in [2.24, 2.45) is 0 Å². The highest BCUT2D eigenvalue weighted by molar-refractivity contribution is 5.82. The minimum Gasteiger partial charge on any atom is -0.491 e. The number of aryl methyl sites for hydroxylation is 1. The van der Waals surface area contributed by atoms with E-state index in [0.717, 1.165) is 16.9 Å². The van der Waals surface area contributed by atoms with E-state index in [4.69, 9.17) is 9.47 Å². The lowest BCUT2D eigenvalue weighted by Gasteiger charge is -2.16. The van der Waals surface area contributed by atoms with Crippen LogP contribution < -0.4 is 10.1 Å². The Bertz CT molecular complexity index is 598. The van der Waals surface area contributed by atoms with Crippen molar-refractivity contribution in [2.45, 2.75) is 13.0 Å². The highest BCUT2D eigenvalue weighted by atomic mass is 16.5. The predicted molar refractivity (Wildman–Crippen MR) is 85.9 cm³/mol. The topological polar surface area (TPSA) is 47.6 Å². The zero-order valence-electron chi connectivity index (χ0n) is 12.9. The van der Waals surface area contributed by atoms with Crippen LogP contribution >= 0.6 is 0 Å². The fraction of sp³-hybridized carbons (Fsp3) is 0.278. The van der Waals surface area contributed by atoms with Crippen molar-refractivity contribution in [3.63, 3.8) is 0 Å². The summed E-state index contributed by atoms with van der Waals surface area (Å²) in [5, 5.41) is 2.83. The molecule has 4 heteroatoms. The van der Waals surface area contributed by atoms with Gasteiger partial charge < -0.3 is 14.8 Å². The molecule has 0 spiro atoms. The molecule has 2 aromatic rings. The Kier molecular flexibility index (Phi) is 5.98. The number of para-hydroxylation sites is 1. The highest BCUT2D eigenvalue weighted by Gasteiger charge is 2.19. The van der Waals surface area contributed by atoms with Crippen molar-refractivity contribution in [1.29, 1.82) is 0 Å². The van der Waals surface area contributed by atoms with Crippen LogP contribution in [0, 0.1) is 6.92 Å².